The first kappa shape index (κ1) is 35.9. The van der Waals surface area contributed by atoms with Gasteiger partial charge in [0, 0.05) is 12.0 Å². The van der Waals surface area contributed by atoms with Crippen molar-refractivity contribution in [2.75, 3.05) is 0 Å². The van der Waals surface area contributed by atoms with Crippen molar-refractivity contribution in [2.45, 2.75) is 79.1 Å². The second-order valence-corrected chi connectivity index (χ2v) is 14.2. The standard InChI is InChI=1S/C51H52N2/c1-5-20-42-43(21-6-2)47(23-8-4)53-48-31-19-18-30-44(48)46(51(53)45(42)22-7-3)36-52-41-34-32-40(33-35-41)50(39-28-16-11-17-29-39)49(37-24-12-9-13-25-37)38-26-14-10-15-27-38/h9-19,24-36H,5-8,20-23H2,1-4H3. The van der Waals surface area contributed by atoms with Crippen molar-refractivity contribution in [3.05, 3.63) is 190 Å². The molecule has 266 valence electrons. The van der Waals surface area contributed by atoms with Crippen molar-refractivity contribution in [2.24, 2.45) is 4.99 Å². The smallest absolute Gasteiger partial charge is 0.180 e. The third kappa shape index (κ3) is 7.29. The molecule has 0 saturated carbocycles. The highest BCUT2D eigenvalue weighted by Crippen LogP contribution is 2.38. The molecule has 0 atom stereocenters. The van der Waals surface area contributed by atoms with E-state index in [1.165, 1.54) is 66.6 Å². The third-order valence-corrected chi connectivity index (χ3v) is 10.5. The SMILES string of the molecule is CCCc1c(CCC)c(CCC)[n+]2c3ccccc3[c-](C=Nc3ccc(C(=C(c4ccccc4)c4ccccc4)c4ccccc4)cc3)c2c1CCC. The Hall–Kier alpha value is -5.47. The second kappa shape index (κ2) is 16.9. The van der Waals surface area contributed by atoms with E-state index in [2.05, 4.69) is 178 Å². The lowest BCUT2D eigenvalue weighted by Crippen LogP contribution is -2.31. The monoisotopic (exact) mass is 692 g/mol. The van der Waals surface area contributed by atoms with Gasteiger partial charge in [-0.05, 0) is 88.2 Å². The van der Waals surface area contributed by atoms with Crippen molar-refractivity contribution in [3.63, 3.8) is 0 Å². The van der Waals surface area contributed by atoms with Crippen molar-refractivity contribution >= 4 is 39.5 Å². The summed E-state index contributed by atoms with van der Waals surface area (Å²) in [6.45, 7) is 9.30. The molecule has 0 aliphatic rings. The summed E-state index contributed by atoms with van der Waals surface area (Å²) in [7, 11) is 0. The van der Waals surface area contributed by atoms with Gasteiger partial charge >= 0.3 is 0 Å². The number of hydrogen-bond acceptors (Lipinski definition) is 1. The molecular weight excluding hydrogens is 641 g/mol. The lowest BCUT2D eigenvalue weighted by atomic mass is 9.86. The summed E-state index contributed by atoms with van der Waals surface area (Å²) in [6.07, 6.45) is 11.1. The van der Waals surface area contributed by atoms with Crippen molar-refractivity contribution < 1.29 is 4.40 Å². The molecule has 7 rings (SSSR count). The van der Waals surface area contributed by atoms with Crippen LogP contribution in [0.25, 0.3) is 27.6 Å². The van der Waals surface area contributed by atoms with E-state index < -0.39 is 0 Å². The van der Waals surface area contributed by atoms with E-state index in [-0.39, 0.29) is 0 Å². The maximum absolute atomic E-state index is 5.24. The third-order valence-electron chi connectivity index (χ3n) is 10.5. The highest BCUT2D eigenvalue weighted by molar-refractivity contribution is 6.06. The molecule has 2 heteroatoms. The molecule has 7 aromatic rings. The van der Waals surface area contributed by atoms with E-state index >= 15 is 0 Å². The Bertz CT molecular complexity index is 2300. The number of para-hydroxylation sites is 1. The van der Waals surface area contributed by atoms with Gasteiger partial charge in [-0.3, -0.25) is 4.99 Å². The van der Waals surface area contributed by atoms with Crippen LogP contribution < -0.4 is 4.40 Å². The Labute approximate surface area is 316 Å². The Morgan fingerprint density at radius 3 is 1.47 bits per heavy atom. The fourth-order valence-corrected chi connectivity index (χ4v) is 8.30. The van der Waals surface area contributed by atoms with Crippen LogP contribution in [0.1, 0.15) is 104 Å². The average molecular weight is 693 g/mol. The van der Waals surface area contributed by atoms with Gasteiger partial charge in [-0.15, -0.1) is 12.1 Å². The van der Waals surface area contributed by atoms with E-state index in [0.717, 1.165) is 57.1 Å². The Morgan fingerprint density at radius 1 is 0.491 bits per heavy atom. The quantitative estimate of drug-likeness (QED) is 0.0467. The second-order valence-electron chi connectivity index (χ2n) is 14.2. The van der Waals surface area contributed by atoms with Gasteiger partial charge in [0.05, 0.1) is 5.69 Å². The van der Waals surface area contributed by atoms with Crippen molar-refractivity contribution in [3.8, 4) is 0 Å². The zero-order valence-electron chi connectivity index (χ0n) is 31.9. The van der Waals surface area contributed by atoms with Gasteiger partial charge in [-0.25, -0.2) is 4.40 Å². The molecule has 2 aromatic heterocycles. The van der Waals surface area contributed by atoms with Gasteiger partial charge < -0.3 is 0 Å². The average Bonchev–Trinajstić information content (AvgIpc) is 3.54. The van der Waals surface area contributed by atoms with E-state index in [4.69, 9.17) is 4.99 Å². The normalized spacial score (nSPS) is 11.5. The summed E-state index contributed by atoms with van der Waals surface area (Å²) in [6, 6.07) is 50.2. The van der Waals surface area contributed by atoms with Crippen LogP contribution in [0.4, 0.5) is 5.69 Å². The van der Waals surface area contributed by atoms with Gasteiger partial charge in [0.15, 0.2) is 5.69 Å². The molecule has 0 saturated heterocycles. The molecule has 5 aromatic carbocycles. The van der Waals surface area contributed by atoms with Crippen molar-refractivity contribution in [1.82, 2.24) is 0 Å². The number of nitrogens with zero attached hydrogens (tertiary/aromatic N) is 2. The van der Waals surface area contributed by atoms with Crippen LogP contribution >= 0.6 is 0 Å². The van der Waals surface area contributed by atoms with Crippen LogP contribution in [0.15, 0.2) is 145 Å². The molecule has 0 aliphatic heterocycles. The predicted molar refractivity (Wildman–Crippen MR) is 227 cm³/mol. The number of aliphatic imine (C=N–C) groups is 1. The lowest BCUT2D eigenvalue weighted by molar-refractivity contribution is -0.491. The number of aromatic nitrogens is 1. The van der Waals surface area contributed by atoms with E-state index in [1.54, 1.807) is 11.1 Å². The van der Waals surface area contributed by atoms with Crippen LogP contribution in [0.5, 0.6) is 0 Å². The summed E-state index contributed by atoms with van der Waals surface area (Å²) in [5.74, 6) is 0. The first-order chi connectivity index (χ1) is 26.2. The van der Waals surface area contributed by atoms with Crippen LogP contribution in [-0.2, 0) is 25.7 Å². The number of benzene rings is 5. The minimum atomic E-state index is 0.952. The van der Waals surface area contributed by atoms with Gasteiger partial charge in [0.25, 0.3) is 0 Å². The van der Waals surface area contributed by atoms with E-state index in [0.29, 0.717) is 0 Å². The number of rotatable bonds is 14. The summed E-state index contributed by atoms with van der Waals surface area (Å²) < 4.78 is 2.63. The number of pyridine rings is 1. The summed E-state index contributed by atoms with van der Waals surface area (Å²) >= 11 is 0. The molecule has 53 heavy (non-hydrogen) atoms. The Kier molecular flexibility index (Phi) is 11.5. The molecule has 0 unspecified atom stereocenters. The molecule has 0 N–H and O–H groups in total. The van der Waals surface area contributed by atoms with Gasteiger partial charge in [-0.1, -0.05) is 174 Å². The maximum atomic E-state index is 5.24. The van der Waals surface area contributed by atoms with Crippen molar-refractivity contribution in [1.29, 1.82) is 0 Å². The highest BCUT2D eigenvalue weighted by Gasteiger charge is 2.26. The van der Waals surface area contributed by atoms with E-state index in [1.807, 2.05) is 0 Å². The molecule has 0 radical (unpaired) electrons. The van der Waals surface area contributed by atoms with E-state index in [9.17, 15) is 0 Å². The van der Waals surface area contributed by atoms with Crippen LogP contribution in [0, 0.1) is 0 Å². The minimum Gasteiger partial charge on any atom is -0.266 e. The molecule has 2 heterocycles. The fraction of sp³-hybridized carbons (Fsp3) is 0.235. The molecular formula is C51H52N2. The number of aryl methyl sites for hydroxylation is 2. The Morgan fingerprint density at radius 2 is 0.943 bits per heavy atom. The molecule has 0 spiro atoms. The summed E-state index contributed by atoms with van der Waals surface area (Å²) in [5.41, 5.74) is 18.3. The fourth-order valence-electron chi connectivity index (χ4n) is 8.30. The van der Waals surface area contributed by atoms with Gasteiger partial charge in [0.2, 0.25) is 0 Å². The van der Waals surface area contributed by atoms with Crippen LogP contribution in [0.3, 0.4) is 0 Å². The van der Waals surface area contributed by atoms with Gasteiger partial charge in [-0.2, -0.15) is 0 Å². The maximum Gasteiger partial charge on any atom is 0.180 e. The number of hydrogen-bond donors (Lipinski definition) is 0. The first-order valence-corrected chi connectivity index (χ1v) is 19.8. The summed E-state index contributed by atoms with van der Waals surface area (Å²) in [5, 5.41) is 1.28. The minimum absolute atomic E-state index is 0.952. The van der Waals surface area contributed by atoms with Crippen LogP contribution in [-0.4, -0.2) is 6.21 Å². The van der Waals surface area contributed by atoms with Gasteiger partial charge in [0.1, 0.15) is 11.0 Å². The lowest BCUT2D eigenvalue weighted by Gasteiger charge is -2.20. The zero-order valence-corrected chi connectivity index (χ0v) is 31.9. The predicted octanol–water partition coefficient (Wildman–Crippen LogP) is 12.9. The highest BCUT2D eigenvalue weighted by atomic mass is 14.9. The topological polar surface area (TPSA) is 16.5 Å². The number of fused-ring (bicyclic) bond motifs is 3. The molecule has 0 bridgehead atoms. The largest absolute Gasteiger partial charge is 0.266 e. The summed E-state index contributed by atoms with van der Waals surface area (Å²) in [4.78, 5) is 5.24. The zero-order chi connectivity index (χ0) is 36.6. The molecule has 0 fully saturated rings. The Balaban J connectivity index is 1.40. The molecule has 0 aliphatic carbocycles. The van der Waals surface area contributed by atoms with Crippen LogP contribution in [0.2, 0.25) is 0 Å². The first-order valence-electron chi connectivity index (χ1n) is 19.8. The molecule has 2 nitrogen and oxygen atoms in total. The molecule has 0 amide bonds.